The molecule has 3 N–H and O–H groups in total. The molecule has 0 atom stereocenters. The van der Waals surface area contributed by atoms with Crippen LogP contribution < -0.4 is 11.1 Å². The molecule has 2 aromatic rings. The number of sulfone groups is 1. The standard InChI is InChI=1S/C26H39ClN2O3S2/c1-21-22(15-19-34(31,32)24-13-11-23(27)12-14-24)20-33-26(21)25(30)10-7-5-3-2-4-6-8-17-29-18-9-16-28/h11-14,20,29H,2-10,15-19,28H2,1H3. The predicted octanol–water partition coefficient (Wildman–Crippen LogP) is 5.97. The van der Waals surface area contributed by atoms with Crippen LogP contribution in [0, 0.1) is 6.92 Å². The van der Waals surface area contributed by atoms with Crippen LogP contribution in [-0.4, -0.2) is 39.6 Å². The van der Waals surface area contributed by atoms with Crippen molar-refractivity contribution >= 4 is 38.6 Å². The first-order chi connectivity index (χ1) is 16.3. The number of thiophene rings is 1. The summed E-state index contributed by atoms with van der Waals surface area (Å²) in [4.78, 5) is 13.7. The summed E-state index contributed by atoms with van der Waals surface area (Å²) >= 11 is 7.30. The van der Waals surface area contributed by atoms with Crippen molar-refractivity contribution in [3.8, 4) is 0 Å². The van der Waals surface area contributed by atoms with Crippen molar-refractivity contribution in [1.82, 2.24) is 5.32 Å². The molecule has 8 heteroatoms. The van der Waals surface area contributed by atoms with Gasteiger partial charge in [-0.3, -0.25) is 4.79 Å². The largest absolute Gasteiger partial charge is 0.330 e. The predicted molar refractivity (Wildman–Crippen MR) is 144 cm³/mol. The molecule has 5 nitrogen and oxygen atoms in total. The molecule has 0 aliphatic heterocycles. The van der Waals surface area contributed by atoms with E-state index in [1.165, 1.54) is 55.6 Å². The van der Waals surface area contributed by atoms with Crippen LogP contribution in [0.2, 0.25) is 5.02 Å². The number of carbonyl (C=O) groups excluding carboxylic acids is 1. The van der Waals surface area contributed by atoms with Gasteiger partial charge >= 0.3 is 0 Å². The average Bonchev–Trinajstić information content (AvgIpc) is 3.19. The van der Waals surface area contributed by atoms with Crippen LogP contribution in [0.4, 0.5) is 0 Å². The summed E-state index contributed by atoms with van der Waals surface area (Å²) in [6, 6.07) is 6.25. The third-order valence-corrected chi connectivity index (χ3v) is 9.18. The number of hydrogen-bond acceptors (Lipinski definition) is 6. The lowest BCUT2D eigenvalue weighted by atomic mass is 10.0. The van der Waals surface area contributed by atoms with Crippen LogP contribution >= 0.6 is 22.9 Å². The highest BCUT2D eigenvalue weighted by molar-refractivity contribution is 7.91. The Bertz CT molecular complexity index is 972. The van der Waals surface area contributed by atoms with E-state index in [1.54, 1.807) is 12.1 Å². The number of nitrogens with two attached hydrogens (primary N) is 1. The van der Waals surface area contributed by atoms with E-state index in [0.29, 0.717) is 17.9 Å². The molecule has 2 rings (SSSR count). The van der Waals surface area contributed by atoms with Gasteiger partial charge in [0.2, 0.25) is 0 Å². The van der Waals surface area contributed by atoms with Gasteiger partial charge in [0.25, 0.3) is 0 Å². The van der Waals surface area contributed by atoms with Crippen LogP contribution in [-0.2, 0) is 16.3 Å². The van der Waals surface area contributed by atoms with Gasteiger partial charge in [-0.2, -0.15) is 0 Å². The highest BCUT2D eigenvalue weighted by atomic mass is 35.5. The van der Waals surface area contributed by atoms with Crippen molar-refractivity contribution in [3.63, 3.8) is 0 Å². The number of halogens is 1. The lowest BCUT2D eigenvalue weighted by Crippen LogP contribution is -2.19. The van der Waals surface area contributed by atoms with Gasteiger partial charge in [0.1, 0.15) is 0 Å². The Morgan fingerprint density at radius 3 is 2.26 bits per heavy atom. The molecule has 0 unspecified atom stereocenters. The van der Waals surface area contributed by atoms with Gasteiger partial charge in [0.05, 0.1) is 15.5 Å². The minimum atomic E-state index is -3.38. The summed E-state index contributed by atoms with van der Waals surface area (Å²) in [5.74, 6) is 0.196. The quantitative estimate of drug-likeness (QED) is 0.184. The lowest BCUT2D eigenvalue weighted by molar-refractivity contribution is 0.0982. The SMILES string of the molecule is Cc1c(CCS(=O)(=O)c2ccc(Cl)cc2)csc1C(=O)CCCCCCCCCNCCCN. The van der Waals surface area contributed by atoms with Gasteiger partial charge in [0, 0.05) is 11.4 Å². The molecule has 0 aliphatic rings. The Balaban J connectivity index is 1.65. The third-order valence-electron chi connectivity index (χ3n) is 6.02. The summed E-state index contributed by atoms with van der Waals surface area (Å²) in [5.41, 5.74) is 7.35. The number of rotatable bonds is 18. The van der Waals surface area contributed by atoms with Crippen LogP contribution in [0.3, 0.4) is 0 Å². The van der Waals surface area contributed by atoms with Crippen molar-refractivity contribution < 1.29 is 13.2 Å². The smallest absolute Gasteiger partial charge is 0.178 e. The molecule has 0 fully saturated rings. The van der Waals surface area contributed by atoms with E-state index >= 15 is 0 Å². The molecule has 1 heterocycles. The zero-order valence-corrected chi connectivity index (χ0v) is 22.7. The lowest BCUT2D eigenvalue weighted by Gasteiger charge is -2.06. The van der Waals surface area contributed by atoms with Crippen molar-refractivity contribution in [3.05, 3.63) is 50.7 Å². The van der Waals surface area contributed by atoms with E-state index in [-0.39, 0.29) is 16.4 Å². The maximum Gasteiger partial charge on any atom is 0.178 e. The second-order valence-electron chi connectivity index (χ2n) is 8.78. The van der Waals surface area contributed by atoms with Crippen molar-refractivity contribution in [2.45, 2.75) is 76.0 Å². The maximum absolute atomic E-state index is 12.7. The number of ketones is 1. The fraction of sp³-hybridized carbons (Fsp3) is 0.577. The Morgan fingerprint density at radius 2 is 1.59 bits per heavy atom. The summed E-state index contributed by atoms with van der Waals surface area (Å²) in [6.45, 7) is 4.76. The molecule has 0 bridgehead atoms. The van der Waals surface area contributed by atoms with E-state index in [4.69, 9.17) is 17.3 Å². The van der Waals surface area contributed by atoms with Crippen LogP contribution in [0.15, 0.2) is 34.5 Å². The van der Waals surface area contributed by atoms with E-state index in [0.717, 1.165) is 54.9 Å². The molecule has 0 saturated heterocycles. The van der Waals surface area contributed by atoms with Gasteiger partial charge in [-0.1, -0.05) is 43.7 Å². The molecule has 0 saturated carbocycles. The number of nitrogens with one attached hydrogen (secondary N) is 1. The molecule has 1 aromatic heterocycles. The van der Waals surface area contributed by atoms with Crippen molar-refractivity contribution in [2.24, 2.45) is 5.73 Å². The van der Waals surface area contributed by atoms with Gasteiger partial charge in [-0.25, -0.2) is 8.42 Å². The minimum Gasteiger partial charge on any atom is -0.330 e. The Kier molecular flexibility index (Phi) is 13.4. The number of unbranched alkanes of at least 4 members (excludes halogenated alkanes) is 6. The molecule has 0 aliphatic carbocycles. The molecule has 0 spiro atoms. The maximum atomic E-state index is 12.7. The Hall–Kier alpha value is -1.25. The fourth-order valence-corrected chi connectivity index (χ4v) is 6.36. The fourth-order valence-electron chi connectivity index (χ4n) is 3.86. The molecule has 1 aromatic carbocycles. The highest BCUT2D eigenvalue weighted by Crippen LogP contribution is 2.26. The van der Waals surface area contributed by atoms with Crippen molar-refractivity contribution in [2.75, 3.05) is 25.4 Å². The normalized spacial score (nSPS) is 11.7. The van der Waals surface area contributed by atoms with E-state index in [1.807, 2.05) is 12.3 Å². The number of carbonyl (C=O) groups is 1. The third kappa shape index (κ3) is 10.2. The average molecular weight is 527 g/mol. The second kappa shape index (κ2) is 15.7. The highest BCUT2D eigenvalue weighted by Gasteiger charge is 2.18. The number of benzene rings is 1. The molecule has 190 valence electrons. The second-order valence-corrected chi connectivity index (χ2v) is 12.2. The summed E-state index contributed by atoms with van der Waals surface area (Å²) in [6.07, 6.45) is 10.1. The molecule has 0 radical (unpaired) electrons. The van der Waals surface area contributed by atoms with Crippen LogP contribution in [0.5, 0.6) is 0 Å². The Labute approximate surface area is 214 Å². The zero-order chi connectivity index (χ0) is 24.8. The molecule has 34 heavy (non-hydrogen) atoms. The first kappa shape index (κ1) is 29.0. The summed E-state index contributed by atoms with van der Waals surface area (Å²) in [5, 5.41) is 5.85. The molecule has 0 amide bonds. The number of hydrogen-bond donors (Lipinski definition) is 2. The topological polar surface area (TPSA) is 89.3 Å². The van der Waals surface area contributed by atoms with Gasteiger partial charge < -0.3 is 11.1 Å². The van der Waals surface area contributed by atoms with E-state index in [9.17, 15) is 13.2 Å². The summed E-state index contributed by atoms with van der Waals surface area (Å²) < 4.78 is 25.2. The first-order valence-electron chi connectivity index (χ1n) is 12.3. The number of aryl methyl sites for hydroxylation is 1. The van der Waals surface area contributed by atoms with E-state index in [2.05, 4.69) is 5.32 Å². The van der Waals surface area contributed by atoms with E-state index < -0.39 is 9.84 Å². The van der Waals surface area contributed by atoms with Crippen LogP contribution in [0.1, 0.15) is 78.6 Å². The molecular weight excluding hydrogens is 488 g/mol. The number of Topliss-reactive ketones (excluding diaryl/α,β-unsaturated/α-hetero) is 1. The first-order valence-corrected chi connectivity index (χ1v) is 15.3. The molecular formula is C26H39ClN2O3S2. The van der Waals surface area contributed by atoms with Gasteiger partial charge in [-0.05, 0) is 93.0 Å². The Morgan fingerprint density at radius 1 is 0.971 bits per heavy atom. The van der Waals surface area contributed by atoms with Gasteiger partial charge in [-0.15, -0.1) is 11.3 Å². The summed E-state index contributed by atoms with van der Waals surface area (Å²) in [7, 11) is -3.38. The monoisotopic (exact) mass is 526 g/mol. The van der Waals surface area contributed by atoms with Gasteiger partial charge in [0.15, 0.2) is 15.6 Å². The zero-order valence-electron chi connectivity index (χ0n) is 20.3. The van der Waals surface area contributed by atoms with Crippen molar-refractivity contribution in [1.29, 1.82) is 0 Å². The van der Waals surface area contributed by atoms with Crippen LogP contribution in [0.25, 0.3) is 0 Å². The minimum absolute atomic E-state index is 0.0175.